The van der Waals surface area contributed by atoms with Gasteiger partial charge < -0.3 is 16.2 Å². The van der Waals surface area contributed by atoms with Crippen LogP contribution in [-0.4, -0.2) is 22.7 Å². The first-order chi connectivity index (χ1) is 6.65. The van der Waals surface area contributed by atoms with Gasteiger partial charge in [0.2, 0.25) is 0 Å². The minimum Gasteiger partial charge on any atom is -0.395 e. The molecule has 0 aliphatic rings. The second-order valence-electron chi connectivity index (χ2n) is 3.45. The van der Waals surface area contributed by atoms with E-state index in [1.165, 1.54) is 0 Å². The zero-order valence-electron chi connectivity index (χ0n) is 8.57. The quantitative estimate of drug-likeness (QED) is 0.661. The Morgan fingerprint density at radius 3 is 2.86 bits per heavy atom. The number of nitrogens with one attached hydrogen (secondary N) is 1. The van der Waals surface area contributed by atoms with Crippen LogP contribution in [0.3, 0.4) is 0 Å². The molecule has 0 saturated heterocycles. The third kappa shape index (κ3) is 2.68. The smallest absolute Gasteiger partial charge is 0.128 e. The van der Waals surface area contributed by atoms with E-state index >= 15 is 0 Å². The average Bonchev–Trinajstić information content (AvgIpc) is 2.18. The van der Waals surface area contributed by atoms with Gasteiger partial charge in [-0.1, -0.05) is 6.07 Å². The lowest BCUT2D eigenvalue weighted by Crippen LogP contribution is -2.32. The first-order valence-electron chi connectivity index (χ1n) is 4.72. The van der Waals surface area contributed by atoms with Gasteiger partial charge >= 0.3 is 0 Å². The van der Waals surface area contributed by atoms with E-state index in [0.29, 0.717) is 5.82 Å². The Balaban J connectivity index is 2.69. The largest absolute Gasteiger partial charge is 0.395 e. The number of aromatic nitrogens is 1. The summed E-state index contributed by atoms with van der Waals surface area (Å²) in [7, 11) is 0. The maximum absolute atomic E-state index is 8.89. The number of nitrogens with two attached hydrogens (primary N) is 1. The minimum absolute atomic E-state index is 0.0598. The number of nitrogen functional groups attached to an aromatic ring is 1. The number of hydrogen-bond donors (Lipinski definition) is 3. The Kier molecular flexibility index (Phi) is 3.85. The zero-order chi connectivity index (χ0) is 10.6. The molecule has 1 aromatic rings. The third-order valence-corrected chi connectivity index (χ3v) is 2.15. The van der Waals surface area contributed by atoms with E-state index in [-0.39, 0.29) is 18.7 Å². The topological polar surface area (TPSA) is 71.2 Å². The fourth-order valence-corrected chi connectivity index (χ4v) is 1.37. The second kappa shape index (κ2) is 4.93. The summed E-state index contributed by atoms with van der Waals surface area (Å²) in [6, 6.07) is 3.95. The van der Waals surface area contributed by atoms with E-state index in [4.69, 9.17) is 10.8 Å². The van der Waals surface area contributed by atoms with Crippen molar-refractivity contribution in [2.24, 2.45) is 0 Å². The Bertz CT molecular complexity index is 290. The van der Waals surface area contributed by atoms with Gasteiger partial charge in [-0.15, -0.1) is 0 Å². The summed E-state index contributed by atoms with van der Waals surface area (Å²) >= 11 is 0. The molecule has 0 aliphatic carbocycles. The Morgan fingerprint density at radius 1 is 1.57 bits per heavy atom. The Morgan fingerprint density at radius 2 is 2.29 bits per heavy atom. The van der Waals surface area contributed by atoms with Crippen LogP contribution in [-0.2, 0) is 0 Å². The molecule has 0 amide bonds. The second-order valence-corrected chi connectivity index (χ2v) is 3.45. The number of pyridine rings is 1. The van der Waals surface area contributed by atoms with E-state index in [9.17, 15) is 0 Å². The third-order valence-electron chi connectivity index (χ3n) is 2.15. The standard InChI is InChI=1S/C10H17N3O/c1-7(6-14)13-8(2)9-4-3-5-12-10(9)11/h3-5,7-8,13-14H,6H2,1-2H3,(H2,11,12)/t7-,8?/m0/s1. The van der Waals surface area contributed by atoms with E-state index < -0.39 is 0 Å². The van der Waals surface area contributed by atoms with Crippen LogP contribution in [0.2, 0.25) is 0 Å². The number of aliphatic hydroxyl groups is 1. The molecule has 14 heavy (non-hydrogen) atoms. The molecule has 1 heterocycles. The van der Waals surface area contributed by atoms with Crippen LogP contribution < -0.4 is 11.1 Å². The van der Waals surface area contributed by atoms with Crippen LogP contribution in [0.25, 0.3) is 0 Å². The molecule has 2 atom stereocenters. The molecule has 4 nitrogen and oxygen atoms in total. The maximum atomic E-state index is 8.89. The molecule has 1 aromatic heterocycles. The van der Waals surface area contributed by atoms with Crippen molar-refractivity contribution in [2.45, 2.75) is 25.9 Å². The highest BCUT2D eigenvalue weighted by Crippen LogP contribution is 2.17. The molecule has 4 heteroatoms. The summed E-state index contributed by atoms with van der Waals surface area (Å²) in [4.78, 5) is 4.01. The van der Waals surface area contributed by atoms with Gasteiger partial charge in [-0.05, 0) is 19.9 Å². The van der Waals surface area contributed by atoms with Crippen molar-refractivity contribution in [3.8, 4) is 0 Å². The number of aliphatic hydroxyl groups excluding tert-OH is 1. The molecular formula is C10H17N3O. The molecule has 0 aromatic carbocycles. The average molecular weight is 195 g/mol. The molecular weight excluding hydrogens is 178 g/mol. The fraction of sp³-hybridized carbons (Fsp3) is 0.500. The Labute approximate surface area is 84.2 Å². The lowest BCUT2D eigenvalue weighted by atomic mass is 10.1. The molecule has 0 fully saturated rings. The van der Waals surface area contributed by atoms with Gasteiger partial charge in [0.25, 0.3) is 0 Å². The van der Waals surface area contributed by atoms with E-state index in [1.54, 1.807) is 6.20 Å². The number of rotatable bonds is 4. The van der Waals surface area contributed by atoms with Gasteiger partial charge in [0.15, 0.2) is 0 Å². The van der Waals surface area contributed by atoms with Crippen molar-refractivity contribution in [3.05, 3.63) is 23.9 Å². The van der Waals surface area contributed by atoms with Gasteiger partial charge in [-0.2, -0.15) is 0 Å². The summed E-state index contributed by atoms with van der Waals surface area (Å²) in [5, 5.41) is 12.1. The zero-order valence-corrected chi connectivity index (χ0v) is 8.57. The van der Waals surface area contributed by atoms with Crippen LogP contribution in [0.4, 0.5) is 5.82 Å². The van der Waals surface area contributed by atoms with Crippen LogP contribution in [0.5, 0.6) is 0 Å². The predicted molar refractivity (Wildman–Crippen MR) is 56.7 cm³/mol. The highest BCUT2D eigenvalue weighted by Gasteiger charge is 2.11. The number of nitrogens with zero attached hydrogens (tertiary/aromatic N) is 1. The van der Waals surface area contributed by atoms with Crippen molar-refractivity contribution >= 4 is 5.82 Å². The van der Waals surface area contributed by atoms with Crippen LogP contribution in [0.15, 0.2) is 18.3 Å². The fourth-order valence-electron chi connectivity index (χ4n) is 1.37. The molecule has 0 saturated carbocycles. The first kappa shape index (κ1) is 10.9. The predicted octanol–water partition coefficient (Wildman–Crippen LogP) is 0.695. The molecule has 78 valence electrons. The van der Waals surface area contributed by atoms with Crippen LogP contribution in [0, 0.1) is 0 Å². The van der Waals surface area contributed by atoms with Crippen molar-refractivity contribution in [2.75, 3.05) is 12.3 Å². The summed E-state index contributed by atoms with van der Waals surface area (Å²) in [5.74, 6) is 0.539. The highest BCUT2D eigenvalue weighted by atomic mass is 16.3. The number of hydrogen-bond acceptors (Lipinski definition) is 4. The molecule has 4 N–H and O–H groups in total. The van der Waals surface area contributed by atoms with Gasteiger partial charge in [-0.3, -0.25) is 0 Å². The summed E-state index contributed by atoms with van der Waals surface area (Å²) < 4.78 is 0. The first-order valence-corrected chi connectivity index (χ1v) is 4.72. The summed E-state index contributed by atoms with van der Waals surface area (Å²) in [5.41, 5.74) is 6.69. The van der Waals surface area contributed by atoms with Crippen molar-refractivity contribution in [3.63, 3.8) is 0 Å². The SMILES string of the molecule is CC(N[C@@H](C)CO)c1cccnc1N. The summed E-state index contributed by atoms with van der Waals surface area (Å²) in [6.45, 7) is 4.03. The molecule has 0 radical (unpaired) electrons. The Hall–Kier alpha value is -1.13. The van der Waals surface area contributed by atoms with Crippen LogP contribution >= 0.6 is 0 Å². The summed E-state index contributed by atoms with van der Waals surface area (Å²) in [6.07, 6.45) is 1.67. The molecule has 1 unspecified atom stereocenters. The lowest BCUT2D eigenvalue weighted by molar-refractivity contribution is 0.243. The van der Waals surface area contributed by atoms with Gasteiger partial charge in [0, 0.05) is 23.8 Å². The monoisotopic (exact) mass is 195 g/mol. The van der Waals surface area contributed by atoms with Gasteiger partial charge in [0.05, 0.1) is 6.61 Å². The molecule has 1 rings (SSSR count). The molecule has 0 spiro atoms. The van der Waals surface area contributed by atoms with Crippen molar-refractivity contribution < 1.29 is 5.11 Å². The molecule has 0 aliphatic heterocycles. The van der Waals surface area contributed by atoms with Gasteiger partial charge in [0.1, 0.15) is 5.82 Å². The number of anilines is 1. The van der Waals surface area contributed by atoms with Gasteiger partial charge in [-0.25, -0.2) is 4.98 Å². The van der Waals surface area contributed by atoms with E-state index in [1.807, 2.05) is 26.0 Å². The van der Waals surface area contributed by atoms with Crippen LogP contribution in [0.1, 0.15) is 25.5 Å². The van der Waals surface area contributed by atoms with Crippen molar-refractivity contribution in [1.29, 1.82) is 0 Å². The molecule has 0 bridgehead atoms. The minimum atomic E-state index is 0.0598. The lowest BCUT2D eigenvalue weighted by Gasteiger charge is -2.19. The van der Waals surface area contributed by atoms with Crippen molar-refractivity contribution in [1.82, 2.24) is 10.3 Å². The maximum Gasteiger partial charge on any atom is 0.128 e. The normalized spacial score (nSPS) is 15.1. The van der Waals surface area contributed by atoms with E-state index in [0.717, 1.165) is 5.56 Å². The van der Waals surface area contributed by atoms with E-state index in [2.05, 4.69) is 10.3 Å². The highest BCUT2D eigenvalue weighted by molar-refractivity contribution is 5.40.